The van der Waals surface area contributed by atoms with Gasteiger partial charge in [-0.05, 0) is 24.8 Å². The topological polar surface area (TPSA) is 83.3 Å². The third-order valence-corrected chi connectivity index (χ3v) is 6.16. The van der Waals surface area contributed by atoms with Gasteiger partial charge in [-0.1, -0.05) is 6.07 Å². The Morgan fingerprint density at radius 1 is 1.24 bits per heavy atom. The van der Waals surface area contributed by atoms with Crippen molar-refractivity contribution in [2.45, 2.75) is 26.4 Å². The summed E-state index contributed by atoms with van der Waals surface area (Å²) in [6, 6.07) is 4.23. The lowest BCUT2D eigenvalue weighted by Gasteiger charge is -2.12. The predicted octanol–water partition coefficient (Wildman–Crippen LogP) is 2.80. The Hall–Kier alpha value is -1.73. The summed E-state index contributed by atoms with van der Waals surface area (Å²) in [7, 11) is 5.95. The lowest BCUT2D eigenvalue weighted by molar-refractivity contribution is 0.713. The molecule has 0 radical (unpaired) electrons. The maximum absolute atomic E-state index is 4.70. The van der Waals surface area contributed by atoms with Crippen LogP contribution in [0, 0.1) is 6.92 Å². The minimum atomic E-state index is 0. The normalized spacial score (nSPS) is 11.2. The molecule has 0 saturated heterocycles. The van der Waals surface area contributed by atoms with E-state index in [1.807, 2.05) is 42.9 Å². The van der Waals surface area contributed by atoms with Crippen LogP contribution in [0.1, 0.15) is 22.2 Å². The molecule has 11 heteroatoms. The first kappa shape index (κ1) is 23.5. The fourth-order valence-electron chi connectivity index (χ4n) is 2.44. The molecule has 0 fully saturated rings. The fraction of sp³-hybridized carbons (Fsp3) is 0.444. The molecule has 3 heterocycles. The Morgan fingerprint density at radius 2 is 2.07 bits per heavy atom. The molecule has 0 unspecified atom stereocenters. The number of hydrogen-bond acceptors (Lipinski definition) is 7. The van der Waals surface area contributed by atoms with E-state index in [1.54, 1.807) is 22.7 Å². The van der Waals surface area contributed by atoms with Crippen LogP contribution in [0.2, 0.25) is 0 Å². The van der Waals surface area contributed by atoms with Crippen LogP contribution in [0.4, 0.5) is 5.13 Å². The summed E-state index contributed by atoms with van der Waals surface area (Å²) in [6.07, 6.45) is 0.961. The quantitative estimate of drug-likeness (QED) is 0.257. The van der Waals surface area contributed by atoms with Gasteiger partial charge in [-0.3, -0.25) is 0 Å². The highest BCUT2D eigenvalue weighted by molar-refractivity contribution is 14.0. The van der Waals surface area contributed by atoms with E-state index in [2.05, 4.69) is 43.3 Å². The molecule has 0 aromatic carbocycles. The van der Waals surface area contributed by atoms with Gasteiger partial charge < -0.3 is 20.1 Å². The highest BCUT2D eigenvalue weighted by atomic mass is 127. The molecule has 158 valence electrons. The van der Waals surface area contributed by atoms with Crippen molar-refractivity contribution in [1.29, 1.82) is 0 Å². The molecule has 3 aromatic heterocycles. The number of rotatable bonds is 8. The van der Waals surface area contributed by atoms with Crippen LogP contribution in [-0.2, 0) is 26.6 Å². The van der Waals surface area contributed by atoms with E-state index < -0.39 is 0 Å². The second kappa shape index (κ2) is 11.5. The number of aryl methyl sites for hydroxylation is 1. The van der Waals surface area contributed by atoms with Crippen molar-refractivity contribution in [2.24, 2.45) is 12.0 Å². The van der Waals surface area contributed by atoms with Crippen molar-refractivity contribution < 1.29 is 0 Å². The van der Waals surface area contributed by atoms with Gasteiger partial charge in [-0.2, -0.15) is 0 Å². The van der Waals surface area contributed by atoms with Crippen LogP contribution in [0.15, 0.2) is 27.9 Å². The minimum absolute atomic E-state index is 0. The fourth-order valence-corrected chi connectivity index (χ4v) is 3.89. The minimum Gasteiger partial charge on any atom is -0.356 e. The van der Waals surface area contributed by atoms with Gasteiger partial charge in [0.25, 0.3) is 0 Å². The number of halogens is 1. The second-order valence-electron chi connectivity index (χ2n) is 6.51. The van der Waals surface area contributed by atoms with Gasteiger partial charge in [0, 0.05) is 37.9 Å². The van der Waals surface area contributed by atoms with Crippen molar-refractivity contribution >= 4 is 57.7 Å². The van der Waals surface area contributed by atoms with Crippen LogP contribution < -0.4 is 15.5 Å². The Morgan fingerprint density at radius 3 is 2.69 bits per heavy atom. The first-order valence-electron chi connectivity index (χ1n) is 9.04. The smallest absolute Gasteiger partial charge is 0.192 e. The van der Waals surface area contributed by atoms with E-state index >= 15 is 0 Å². The number of aliphatic imine (C=N–C) groups is 1. The molecular weight excluding hydrogens is 519 g/mol. The van der Waals surface area contributed by atoms with Gasteiger partial charge in [0.1, 0.15) is 5.82 Å². The van der Waals surface area contributed by atoms with Gasteiger partial charge >= 0.3 is 0 Å². The zero-order valence-corrected chi connectivity index (χ0v) is 21.0. The zero-order valence-electron chi connectivity index (χ0n) is 17.0. The number of nitrogens with zero attached hydrogens (tertiary/aromatic N) is 6. The molecule has 3 rings (SSSR count). The van der Waals surface area contributed by atoms with Crippen LogP contribution in [0.3, 0.4) is 0 Å². The van der Waals surface area contributed by atoms with E-state index in [1.165, 1.54) is 4.88 Å². The third-order valence-electron chi connectivity index (χ3n) is 4.16. The summed E-state index contributed by atoms with van der Waals surface area (Å²) in [5.74, 6) is 2.50. The molecule has 8 nitrogen and oxygen atoms in total. The molecule has 0 spiro atoms. The maximum atomic E-state index is 4.70. The van der Waals surface area contributed by atoms with Gasteiger partial charge in [-0.15, -0.1) is 56.8 Å². The van der Waals surface area contributed by atoms with E-state index in [9.17, 15) is 0 Å². The summed E-state index contributed by atoms with van der Waals surface area (Å²) in [5, 5.41) is 20.2. The number of guanidine groups is 1. The Kier molecular flexibility index (Phi) is 9.30. The van der Waals surface area contributed by atoms with Crippen molar-refractivity contribution in [3.05, 3.63) is 45.1 Å². The zero-order chi connectivity index (χ0) is 19.9. The second-order valence-corrected chi connectivity index (χ2v) is 8.38. The maximum Gasteiger partial charge on any atom is 0.192 e. The molecule has 0 aliphatic heterocycles. The average molecular weight is 547 g/mol. The largest absolute Gasteiger partial charge is 0.356 e. The molecule has 2 N–H and O–H groups in total. The number of nitrogens with one attached hydrogen (secondary N) is 2. The molecule has 0 amide bonds. The molecule has 0 bridgehead atoms. The number of thiazole rings is 1. The van der Waals surface area contributed by atoms with Crippen LogP contribution in [0.5, 0.6) is 0 Å². The lowest BCUT2D eigenvalue weighted by atomic mass is 10.3. The summed E-state index contributed by atoms with van der Waals surface area (Å²) in [5.41, 5.74) is 0.961. The first-order valence-corrected chi connectivity index (χ1v) is 10.8. The van der Waals surface area contributed by atoms with Gasteiger partial charge in [0.05, 0.1) is 18.8 Å². The molecule has 29 heavy (non-hydrogen) atoms. The molecule has 0 atom stereocenters. The predicted molar refractivity (Wildman–Crippen MR) is 132 cm³/mol. The Balaban J connectivity index is 0.00000300. The molecule has 0 saturated carbocycles. The van der Waals surface area contributed by atoms with Crippen molar-refractivity contribution in [3.8, 4) is 0 Å². The average Bonchev–Trinajstić information content (AvgIpc) is 3.41. The summed E-state index contributed by atoms with van der Waals surface area (Å²) in [4.78, 5) is 12.7. The molecular formula is C18H27IN8S2. The Labute approximate surface area is 196 Å². The van der Waals surface area contributed by atoms with Gasteiger partial charge in [0.15, 0.2) is 16.9 Å². The highest BCUT2D eigenvalue weighted by Crippen LogP contribution is 2.18. The number of anilines is 1. The van der Waals surface area contributed by atoms with Crippen LogP contribution in [-0.4, -0.2) is 46.3 Å². The van der Waals surface area contributed by atoms with E-state index in [0.717, 1.165) is 41.4 Å². The standard InChI is InChI=1S/C18H26N8S2.HI/c1-13-23-24-16(26(13)4)11-21-17(19-8-7-15-6-5-9-27-15)20-10-14-12-28-18(22-14)25(2)3;/h5-6,9,12H,7-8,10-11H2,1-4H3,(H2,19,20,21);1H. The monoisotopic (exact) mass is 546 g/mol. The molecule has 0 aliphatic carbocycles. The highest BCUT2D eigenvalue weighted by Gasteiger charge is 2.08. The van der Waals surface area contributed by atoms with Crippen molar-refractivity contribution in [1.82, 2.24) is 30.4 Å². The van der Waals surface area contributed by atoms with Crippen molar-refractivity contribution in [3.63, 3.8) is 0 Å². The van der Waals surface area contributed by atoms with Crippen LogP contribution in [0.25, 0.3) is 0 Å². The third kappa shape index (κ3) is 6.93. The summed E-state index contributed by atoms with van der Waals surface area (Å²) in [6.45, 7) is 3.83. The SMILES string of the molecule is Cc1nnc(CNC(=NCc2csc(N(C)C)n2)NCCc2cccs2)n1C.I. The van der Waals surface area contributed by atoms with E-state index in [0.29, 0.717) is 13.1 Å². The number of aromatic nitrogens is 4. The first-order chi connectivity index (χ1) is 13.5. The number of hydrogen-bond donors (Lipinski definition) is 2. The van der Waals surface area contributed by atoms with E-state index in [4.69, 9.17) is 4.99 Å². The number of thiophene rings is 1. The molecule has 3 aromatic rings. The Bertz CT molecular complexity index is 901. The van der Waals surface area contributed by atoms with Crippen molar-refractivity contribution in [2.75, 3.05) is 25.5 Å². The van der Waals surface area contributed by atoms with E-state index in [-0.39, 0.29) is 24.0 Å². The summed E-state index contributed by atoms with van der Waals surface area (Å²) >= 11 is 3.39. The lowest BCUT2D eigenvalue weighted by Crippen LogP contribution is -2.38. The van der Waals surface area contributed by atoms with Gasteiger partial charge in [0.2, 0.25) is 0 Å². The van der Waals surface area contributed by atoms with Gasteiger partial charge in [-0.25, -0.2) is 9.98 Å². The molecule has 0 aliphatic rings. The summed E-state index contributed by atoms with van der Waals surface area (Å²) < 4.78 is 1.97. The van der Waals surface area contributed by atoms with Crippen LogP contribution >= 0.6 is 46.7 Å².